The molecule has 0 saturated carbocycles. The highest BCUT2D eigenvalue weighted by molar-refractivity contribution is 6.01. The first kappa shape index (κ1) is 14.0. The summed E-state index contributed by atoms with van der Waals surface area (Å²) in [6.45, 7) is 1.24. The van der Waals surface area contributed by atoms with E-state index in [4.69, 9.17) is 19.9 Å². The Balaban J connectivity index is 1.90. The molecule has 1 aromatic rings. The van der Waals surface area contributed by atoms with Crippen LogP contribution in [0.15, 0.2) is 12.1 Å². The standard InChI is InChI=1S/C15H20N2O4/c1-19-11-5-12(14(16)13(6-11)20-2)15(18)17-7-9-3-4-10(8-17)21-9/h5-6,9-10H,3-4,7-8,16H2,1-2H3. The molecule has 2 unspecified atom stereocenters. The van der Waals surface area contributed by atoms with Gasteiger partial charge in [0.05, 0.1) is 37.7 Å². The second kappa shape index (κ2) is 5.44. The number of ether oxygens (including phenoxy) is 3. The van der Waals surface area contributed by atoms with Gasteiger partial charge in [0.15, 0.2) is 0 Å². The normalized spacial score (nSPS) is 24.0. The van der Waals surface area contributed by atoms with E-state index in [0.29, 0.717) is 35.8 Å². The maximum Gasteiger partial charge on any atom is 0.256 e. The number of nitrogen functional groups attached to an aromatic ring is 1. The van der Waals surface area contributed by atoms with E-state index >= 15 is 0 Å². The van der Waals surface area contributed by atoms with Crippen LogP contribution in [0.25, 0.3) is 0 Å². The number of methoxy groups -OCH3 is 2. The van der Waals surface area contributed by atoms with Crippen LogP contribution in [-0.4, -0.2) is 50.3 Å². The van der Waals surface area contributed by atoms with Crippen LogP contribution in [0.2, 0.25) is 0 Å². The molecule has 1 aromatic carbocycles. The van der Waals surface area contributed by atoms with E-state index < -0.39 is 0 Å². The van der Waals surface area contributed by atoms with Crippen LogP contribution in [0.3, 0.4) is 0 Å². The smallest absolute Gasteiger partial charge is 0.256 e. The van der Waals surface area contributed by atoms with E-state index in [0.717, 1.165) is 12.8 Å². The fraction of sp³-hybridized carbons (Fsp3) is 0.533. The van der Waals surface area contributed by atoms with Gasteiger partial charge in [-0.15, -0.1) is 0 Å². The lowest BCUT2D eigenvalue weighted by molar-refractivity contribution is -0.0303. The highest BCUT2D eigenvalue weighted by Gasteiger charge is 2.36. The molecule has 0 spiro atoms. The number of anilines is 1. The predicted octanol–water partition coefficient (Wildman–Crippen LogP) is 1.29. The number of rotatable bonds is 3. The molecule has 0 radical (unpaired) electrons. The first-order valence-electron chi connectivity index (χ1n) is 7.08. The monoisotopic (exact) mass is 292 g/mol. The number of hydrogen-bond acceptors (Lipinski definition) is 5. The summed E-state index contributed by atoms with van der Waals surface area (Å²) in [7, 11) is 3.07. The molecular weight excluding hydrogens is 272 g/mol. The van der Waals surface area contributed by atoms with Crippen LogP contribution in [-0.2, 0) is 4.74 Å². The minimum absolute atomic E-state index is 0.0927. The van der Waals surface area contributed by atoms with Crippen LogP contribution in [0.1, 0.15) is 23.2 Å². The maximum atomic E-state index is 12.8. The molecule has 0 aliphatic carbocycles. The minimum atomic E-state index is -0.0927. The fourth-order valence-corrected chi connectivity index (χ4v) is 3.02. The van der Waals surface area contributed by atoms with E-state index in [-0.39, 0.29) is 18.1 Å². The lowest BCUT2D eigenvalue weighted by Crippen LogP contribution is -2.46. The molecule has 2 bridgehead atoms. The summed E-state index contributed by atoms with van der Waals surface area (Å²) >= 11 is 0. The largest absolute Gasteiger partial charge is 0.497 e. The number of amides is 1. The van der Waals surface area contributed by atoms with E-state index in [2.05, 4.69) is 0 Å². The highest BCUT2D eigenvalue weighted by atomic mass is 16.5. The summed E-state index contributed by atoms with van der Waals surface area (Å²) in [5, 5.41) is 0. The van der Waals surface area contributed by atoms with Gasteiger partial charge in [0, 0.05) is 19.2 Å². The van der Waals surface area contributed by atoms with Crippen molar-refractivity contribution in [2.45, 2.75) is 25.0 Å². The predicted molar refractivity (Wildman–Crippen MR) is 77.8 cm³/mol. The number of likely N-dealkylation sites (tertiary alicyclic amines) is 1. The molecule has 3 rings (SSSR count). The van der Waals surface area contributed by atoms with Crippen molar-refractivity contribution in [3.63, 3.8) is 0 Å². The molecule has 2 fully saturated rings. The summed E-state index contributed by atoms with van der Waals surface area (Å²) in [4.78, 5) is 14.6. The van der Waals surface area contributed by atoms with Crippen molar-refractivity contribution in [3.05, 3.63) is 17.7 Å². The van der Waals surface area contributed by atoms with Gasteiger partial charge >= 0.3 is 0 Å². The summed E-state index contributed by atoms with van der Waals surface area (Å²) in [6, 6.07) is 3.34. The van der Waals surface area contributed by atoms with Gasteiger partial charge in [-0.3, -0.25) is 4.79 Å². The minimum Gasteiger partial charge on any atom is -0.497 e. The summed E-state index contributed by atoms with van der Waals surface area (Å²) < 4.78 is 16.2. The van der Waals surface area contributed by atoms with Gasteiger partial charge in [-0.05, 0) is 18.9 Å². The molecule has 2 heterocycles. The number of carbonyl (C=O) groups excluding carboxylic acids is 1. The third-order valence-electron chi connectivity index (χ3n) is 4.13. The van der Waals surface area contributed by atoms with Crippen LogP contribution in [0.4, 0.5) is 5.69 Å². The number of nitrogens with two attached hydrogens (primary N) is 1. The van der Waals surface area contributed by atoms with Crippen molar-refractivity contribution >= 4 is 11.6 Å². The molecule has 21 heavy (non-hydrogen) atoms. The molecule has 2 aliphatic heterocycles. The van der Waals surface area contributed by atoms with E-state index in [9.17, 15) is 4.79 Å². The lowest BCUT2D eigenvalue weighted by Gasteiger charge is -2.32. The number of hydrogen-bond donors (Lipinski definition) is 1. The third kappa shape index (κ3) is 2.51. The van der Waals surface area contributed by atoms with Crippen LogP contribution in [0.5, 0.6) is 11.5 Å². The lowest BCUT2D eigenvalue weighted by atomic mass is 10.1. The Kier molecular flexibility index (Phi) is 3.63. The molecule has 2 saturated heterocycles. The van der Waals surface area contributed by atoms with Crippen LogP contribution < -0.4 is 15.2 Å². The molecule has 114 valence electrons. The van der Waals surface area contributed by atoms with Gasteiger partial charge in [0.2, 0.25) is 0 Å². The topological polar surface area (TPSA) is 74.0 Å². The number of morpholine rings is 1. The quantitative estimate of drug-likeness (QED) is 0.850. The molecule has 2 atom stereocenters. The van der Waals surface area contributed by atoms with E-state index in [1.54, 1.807) is 19.2 Å². The van der Waals surface area contributed by atoms with Crippen molar-refractivity contribution in [3.8, 4) is 11.5 Å². The first-order valence-corrected chi connectivity index (χ1v) is 7.08. The Labute approximate surface area is 123 Å². The van der Waals surface area contributed by atoms with E-state index in [1.165, 1.54) is 7.11 Å². The number of nitrogens with zero attached hydrogens (tertiary/aromatic N) is 1. The van der Waals surface area contributed by atoms with Gasteiger partial charge in [0.1, 0.15) is 11.5 Å². The number of benzene rings is 1. The number of fused-ring (bicyclic) bond motifs is 2. The Morgan fingerprint density at radius 3 is 2.48 bits per heavy atom. The fourth-order valence-electron chi connectivity index (χ4n) is 3.02. The Morgan fingerprint density at radius 1 is 1.24 bits per heavy atom. The zero-order chi connectivity index (χ0) is 15.0. The molecule has 0 aromatic heterocycles. The van der Waals surface area contributed by atoms with Gasteiger partial charge in [0.25, 0.3) is 5.91 Å². The Bertz CT molecular complexity index is 549. The number of carbonyl (C=O) groups is 1. The maximum absolute atomic E-state index is 12.8. The zero-order valence-corrected chi connectivity index (χ0v) is 12.3. The zero-order valence-electron chi connectivity index (χ0n) is 12.3. The Hall–Kier alpha value is -1.95. The van der Waals surface area contributed by atoms with E-state index in [1.807, 2.05) is 4.90 Å². The van der Waals surface area contributed by atoms with Crippen LogP contribution >= 0.6 is 0 Å². The van der Waals surface area contributed by atoms with Crippen molar-refractivity contribution in [1.82, 2.24) is 4.90 Å². The molecule has 2 N–H and O–H groups in total. The summed E-state index contributed by atoms with van der Waals surface area (Å²) in [5.41, 5.74) is 6.82. The average Bonchev–Trinajstić information content (AvgIpc) is 2.85. The van der Waals surface area contributed by atoms with Gasteiger partial charge < -0.3 is 24.8 Å². The molecular formula is C15H20N2O4. The summed E-state index contributed by atoms with van der Waals surface area (Å²) in [6.07, 6.45) is 2.35. The molecule has 1 amide bonds. The molecule has 6 nitrogen and oxygen atoms in total. The van der Waals surface area contributed by atoms with Crippen molar-refractivity contribution in [1.29, 1.82) is 0 Å². The van der Waals surface area contributed by atoms with Gasteiger partial charge in [-0.25, -0.2) is 0 Å². The van der Waals surface area contributed by atoms with Crippen molar-refractivity contribution < 1.29 is 19.0 Å². The third-order valence-corrected chi connectivity index (χ3v) is 4.13. The van der Waals surface area contributed by atoms with Gasteiger partial charge in [-0.1, -0.05) is 0 Å². The second-order valence-electron chi connectivity index (χ2n) is 5.46. The van der Waals surface area contributed by atoms with Crippen molar-refractivity contribution in [2.75, 3.05) is 33.0 Å². The van der Waals surface area contributed by atoms with Crippen LogP contribution in [0, 0.1) is 0 Å². The molecule has 6 heteroatoms. The van der Waals surface area contributed by atoms with Gasteiger partial charge in [-0.2, -0.15) is 0 Å². The second-order valence-corrected chi connectivity index (χ2v) is 5.46. The molecule has 2 aliphatic rings. The first-order chi connectivity index (χ1) is 10.1. The SMILES string of the molecule is COc1cc(OC)c(N)c(C(=O)N2CC3CCC(C2)O3)c1. The Morgan fingerprint density at radius 2 is 1.90 bits per heavy atom. The summed E-state index contributed by atoms with van der Waals surface area (Å²) in [5.74, 6) is 0.916. The average molecular weight is 292 g/mol. The van der Waals surface area contributed by atoms with Crippen molar-refractivity contribution in [2.24, 2.45) is 0 Å². The highest BCUT2D eigenvalue weighted by Crippen LogP contribution is 2.33.